The van der Waals surface area contributed by atoms with Crippen LogP contribution in [0, 0.1) is 5.92 Å². The molecule has 1 atom stereocenters. The minimum Gasteiger partial charge on any atom is -0.369 e. The number of piperazine rings is 1. The van der Waals surface area contributed by atoms with Crippen LogP contribution in [0.4, 0.5) is 5.69 Å². The van der Waals surface area contributed by atoms with Gasteiger partial charge < -0.3 is 15.1 Å². The maximum atomic E-state index is 12.2. The molecule has 128 valence electrons. The van der Waals surface area contributed by atoms with Crippen LogP contribution in [-0.4, -0.2) is 75.6 Å². The van der Waals surface area contributed by atoms with E-state index >= 15 is 0 Å². The molecule has 1 aliphatic heterocycles. The van der Waals surface area contributed by atoms with Gasteiger partial charge in [0.15, 0.2) is 0 Å². The summed E-state index contributed by atoms with van der Waals surface area (Å²) in [4.78, 5) is 18.9. The van der Waals surface area contributed by atoms with E-state index in [1.165, 1.54) is 5.69 Å². The third kappa shape index (κ3) is 5.22. The molecule has 0 aromatic heterocycles. The minimum atomic E-state index is 0.0416. The maximum absolute atomic E-state index is 12.2. The molecule has 5 heteroatoms. The molecule has 1 aromatic rings. The van der Waals surface area contributed by atoms with Crippen LogP contribution in [0.2, 0.25) is 0 Å². The third-order valence-corrected chi connectivity index (χ3v) is 4.55. The van der Waals surface area contributed by atoms with Gasteiger partial charge in [0.1, 0.15) is 0 Å². The van der Waals surface area contributed by atoms with Crippen LogP contribution in [0.1, 0.15) is 6.92 Å². The topological polar surface area (TPSA) is 38.8 Å². The molecule has 2 rings (SSSR count). The summed E-state index contributed by atoms with van der Waals surface area (Å²) in [6, 6.07) is 10.6. The van der Waals surface area contributed by atoms with Crippen molar-refractivity contribution in [1.82, 2.24) is 15.1 Å². The summed E-state index contributed by atoms with van der Waals surface area (Å²) in [5.41, 5.74) is 1.31. The average Bonchev–Trinajstić information content (AvgIpc) is 2.60. The van der Waals surface area contributed by atoms with Crippen LogP contribution >= 0.6 is 0 Å². The van der Waals surface area contributed by atoms with Crippen molar-refractivity contribution in [3.63, 3.8) is 0 Å². The first kappa shape index (κ1) is 17.8. The van der Waals surface area contributed by atoms with Gasteiger partial charge in [0.2, 0.25) is 5.91 Å². The maximum Gasteiger partial charge on any atom is 0.226 e. The predicted molar refractivity (Wildman–Crippen MR) is 95.8 cm³/mol. The van der Waals surface area contributed by atoms with Gasteiger partial charge in [-0.05, 0) is 19.2 Å². The molecular formula is C18H30N4O. The Balaban J connectivity index is 1.71. The Kier molecular flexibility index (Phi) is 6.86. The second-order valence-corrected chi connectivity index (χ2v) is 6.38. The normalized spacial score (nSPS) is 17.1. The molecule has 1 heterocycles. The number of para-hydroxylation sites is 1. The van der Waals surface area contributed by atoms with Gasteiger partial charge in [-0.15, -0.1) is 0 Å². The Morgan fingerprint density at radius 3 is 2.48 bits per heavy atom. The molecule has 0 aliphatic carbocycles. The SMILES string of the molecule is CNCC(C)C(=O)N(C)CCN1CCN(c2ccccc2)CC1. The lowest BCUT2D eigenvalue weighted by atomic mass is 10.1. The summed E-state index contributed by atoms with van der Waals surface area (Å²) in [6.07, 6.45) is 0. The highest BCUT2D eigenvalue weighted by Gasteiger charge is 2.20. The summed E-state index contributed by atoms with van der Waals surface area (Å²) in [5.74, 6) is 0.266. The highest BCUT2D eigenvalue weighted by atomic mass is 16.2. The number of hydrogen-bond donors (Lipinski definition) is 1. The number of amides is 1. The summed E-state index contributed by atoms with van der Waals surface area (Å²) in [7, 11) is 3.80. The van der Waals surface area contributed by atoms with Gasteiger partial charge in [0.25, 0.3) is 0 Å². The number of hydrogen-bond acceptors (Lipinski definition) is 4. The number of benzene rings is 1. The van der Waals surface area contributed by atoms with Crippen molar-refractivity contribution in [2.45, 2.75) is 6.92 Å². The fourth-order valence-electron chi connectivity index (χ4n) is 3.04. The van der Waals surface area contributed by atoms with E-state index in [-0.39, 0.29) is 11.8 Å². The van der Waals surface area contributed by atoms with Gasteiger partial charge in [-0.3, -0.25) is 9.69 Å². The van der Waals surface area contributed by atoms with E-state index in [9.17, 15) is 4.79 Å². The zero-order valence-corrected chi connectivity index (χ0v) is 14.7. The van der Waals surface area contributed by atoms with E-state index in [0.29, 0.717) is 0 Å². The molecule has 5 nitrogen and oxygen atoms in total. The smallest absolute Gasteiger partial charge is 0.226 e. The van der Waals surface area contributed by atoms with Crippen molar-refractivity contribution in [3.05, 3.63) is 30.3 Å². The summed E-state index contributed by atoms with van der Waals surface area (Å²) in [6.45, 7) is 8.70. The van der Waals surface area contributed by atoms with E-state index in [2.05, 4.69) is 45.4 Å². The van der Waals surface area contributed by atoms with Crippen LogP contribution in [0.3, 0.4) is 0 Å². The van der Waals surface area contributed by atoms with E-state index in [1.54, 1.807) is 0 Å². The molecule has 1 unspecified atom stereocenters. The molecule has 0 saturated carbocycles. The van der Waals surface area contributed by atoms with Crippen molar-refractivity contribution in [3.8, 4) is 0 Å². The van der Waals surface area contributed by atoms with Crippen LogP contribution in [-0.2, 0) is 4.79 Å². The predicted octanol–water partition coefficient (Wildman–Crippen LogP) is 1.12. The van der Waals surface area contributed by atoms with Crippen molar-refractivity contribution >= 4 is 11.6 Å². The summed E-state index contributed by atoms with van der Waals surface area (Å²) < 4.78 is 0. The monoisotopic (exact) mass is 318 g/mol. The second kappa shape index (κ2) is 8.89. The van der Waals surface area contributed by atoms with Crippen molar-refractivity contribution in [2.75, 3.05) is 64.8 Å². The number of carbonyl (C=O) groups excluding carboxylic acids is 1. The van der Waals surface area contributed by atoms with E-state index in [4.69, 9.17) is 0 Å². The lowest BCUT2D eigenvalue weighted by Gasteiger charge is -2.36. The van der Waals surface area contributed by atoms with Gasteiger partial charge in [-0.1, -0.05) is 25.1 Å². The van der Waals surface area contributed by atoms with Gasteiger partial charge in [0, 0.05) is 64.5 Å². The Morgan fingerprint density at radius 2 is 1.87 bits per heavy atom. The first-order valence-corrected chi connectivity index (χ1v) is 8.53. The largest absolute Gasteiger partial charge is 0.369 e. The van der Waals surface area contributed by atoms with Crippen LogP contribution in [0.15, 0.2) is 30.3 Å². The molecule has 0 bridgehead atoms. The minimum absolute atomic E-state index is 0.0416. The summed E-state index contributed by atoms with van der Waals surface area (Å²) in [5, 5.41) is 3.07. The van der Waals surface area contributed by atoms with Crippen molar-refractivity contribution in [2.24, 2.45) is 5.92 Å². The molecule has 1 fully saturated rings. The number of rotatable bonds is 7. The van der Waals surface area contributed by atoms with Gasteiger partial charge in [-0.2, -0.15) is 0 Å². The first-order valence-electron chi connectivity index (χ1n) is 8.53. The van der Waals surface area contributed by atoms with Crippen molar-refractivity contribution < 1.29 is 4.79 Å². The number of likely N-dealkylation sites (N-methyl/N-ethyl adjacent to an activating group) is 1. The molecule has 0 radical (unpaired) electrons. The fraction of sp³-hybridized carbons (Fsp3) is 0.611. The molecule has 0 spiro atoms. The molecule has 1 aliphatic rings. The quantitative estimate of drug-likeness (QED) is 0.818. The Hall–Kier alpha value is -1.59. The molecular weight excluding hydrogens is 288 g/mol. The average molecular weight is 318 g/mol. The Labute approximate surface area is 140 Å². The van der Waals surface area contributed by atoms with E-state index < -0.39 is 0 Å². The molecule has 1 amide bonds. The fourth-order valence-corrected chi connectivity index (χ4v) is 3.04. The molecule has 1 aromatic carbocycles. The Morgan fingerprint density at radius 1 is 1.22 bits per heavy atom. The van der Waals surface area contributed by atoms with Crippen molar-refractivity contribution in [1.29, 1.82) is 0 Å². The van der Waals surface area contributed by atoms with Gasteiger partial charge >= 0.3 is 0 Å². The second-order valence-electron chi connectivity index (χ2n) is 6.38. The zero-order valence-electron chi connectivity index (χ0n) is 14.7. The van der Waals surface area contributed by atoms with E-state index in [1.807, 2.05) is 25.9 Å². The van der Waals surface area contributed by atoms with Gasteiger partial charge in [-0.25, -0.2) is 0 Å². The van der Waals surface area contributed by atoms with Gasteiger partial charge in [0.05, 0.1) is 0 Å². The molecule has 23 heavy (non-hydrogen) atoms. The third-order valence-electron chi connectivity index (χ3n) is 4.55. The summed E-state index contributed by atoms with van der Waals surface area (Å²) >= 11 is 0. The number of anilines is 1. The van der Waals surface area contributed by atoms with Crippen LogP contribution < -0.4 is 10.2 Å². The molecule has 1 saturated heterocycles. The van der Waals surface area contributed by atoms with Crippen LogP contribution in [0.25, 0.3) is 0 Å². The molecule has 1 N–H and O–H groups in total. The zero-order chi connectivity index (χ0) is 16.7. The van der Waals surface area contributed by atoms with E-state index in [0.717, 1.165) is 45.8 Å². The lowest BCUT2D eigenvalue weighted by Crippen LogP contribution is -2.49. The number of carbonyl (C=O) groups is 1. The highest BCUT2D eigenvalue weighted by molar-refractivity contribution is 5.78. The highest BCUT2D eigenvalue weighted by Crippen LogP contribution is 2.15. The van der Waals surface area contributed by atoms with Crippen LogP contribution in [0.5, 0.6) is 0 Å². The standard InChI is InChI=1S/C18H30N4O/c1-16(15-19-2)18(23)20(3)9-10-21-11-13-22(14-12-21)17-7-5-4-6-8-17/h4-8,16,19H,9-15H2,1-3H3. The number of nitrogens with zero attached hydrogens (tertiary/aromatic N) is 3. The Bertz CT molecular complexity index is 471. The number of nitrogens with one attached hydrogen (secondary N) is 1. The lowest BCUT2D eigenvalue weighted by molar-refractivity contribution is -0.133. The first-order chi connectivity index (χ1) is 11.1.